The van der Waals surface area contributed by atoms with Crippen molar-refractivity contribution in [3.8, 4) is 0 Å². The number of rotatable bonds is 3. The smallest absolute Gasteiger partial charge is 0.0910 e. The molecule has 0 unspecified atom stereocenters. The molecular weight excluding hydrogens is 212 g/mol. The van der Waals surface area contributed by atoms with E-state index in [2.05, 4.69) is 22.7 Å². The number of hydrogen-bond acceptors (Lipinski definition) is 2. The molecule has 1 N–H and O–H groups in total. The minimum absolute atomic E-state index is 0.718. The first-order valence-corrected chi connectivity index (χ1v) is 5.62. The third-order valence-electron chi connectivity index (χ3n) is 2.87. The summed E-state index contributed by atoms with van der Waals surface area (Å²) in [5.41, 5.74) is 5.52. The quantitative estimate of drug-likeness (QED) is 0.742. The van der Waals surface area contributed by atoms with E-state index in [-0.39, 0.29) is 0 Å². The van der Waals surface area contributed by atoms with E-state index in [0.29, 0.717) is 0 Å². The lowest BCUT2D eigenvalue weighted by Crippen LogP contribution is -2.12. The van der Waals surface area contributed by atoms with Crippen molar-refractivity contribution in [2.75, 3.05) is 5.43 Å². The number of benzene rings is 1. The second-order valence-electron chi connectivity index (χ2n) is 4.01. The third kappa shape index (κ3) is 1.78. The van der Waals surface area contributed by atoms with Crippen LogP contribution in [0.2, 0.25) is 0 Å². The summed E-state index contributed by atoms with van der Waals surface area (Å²) in [5.74, 6) is 0. The van der Waals surface area contributed by atoms with Crippen LogP contribution in [0.1, 0.15) is 5.69 Å². The molecule has 86 valence electrons. The summed E-state index contributed by atoms with van der Waals surface area (Å²) < 4.78 is 3.85. The Morgan fingerprint density at radius 3 is 2.71 bits per heavy atom. The minimum Gasteiger partial charge on any atom is -0.320 e. The topological polar surface area (TPSA) is 34.8 Å². The van der Waals surface area contributed by atoms with Crippen molar-refractivity contribution in [2.45, 2.75) is 6.54 Å². The first-order valence-electron chi connectivity index (χ1n) is 5.62. The summed E-state index contributed by atoms with van der Waals surface area (Å²) in [5, 5.41) is 5.73. The van der Waals surface area contributed by atoms with Crippen molar-refractivity contribution >= 4 is 10.9 Å². The SMILES string of the molecule is Cn1nc(CNn2cccc2)c2ccccc21. The maximum absolute atomic E-state index is 4.53. The van der Waals surface area contributed by atoms with Gasteiger partial charge in [0.2, 0.25) is 0 Å². The van der Waals surface area contributed by atoms with E-state index in [1.165, 1.54) is 5.39 Å². The fraction of sp³-hybridized carbons (Fsp3) is 0.154. The molecular formula is C13H14N4. The number of nitrogens with one attached hydrogen (secondary N) is 1. The zero-order chi connectivity index (χ0) is 11.7. The van der Waals surface area contributed by atoms with E-state index < -0.39 is 0 Å². The van der Waals surface area contributed by atoms with Gasteiger partial charge in [-0.2, -0.15) is 5.10 Å². The standard InChI is InChI=1S/C13H14N4/c1-16-13-7-3-2-6-11(13)12(15-16)10-14-17-8-4-5-9-17/h2-9,14H,10H2,1H3. The second kappa shape index (κ2) is 3.97. The molecule has 1 aromatic carbocycles. The monoisotopic (exact) mass is 226 g/mol. The molecule has 0 radical (unpaired) electrons. The summed E-state index contributed by atoms with van der Waals surface area (Å²) in [6.45, 7) is 0.718. The van der Waals surface area contributed by atoms with Crippen LogP contribution in [-0.2, 0) is 13.6 Å². The van der Waals surface area contributed by atoms with Crippen LogP contribution in [-0.4, -0.2) is 14.5 Å². The van der Waals surface area contributed by atoms with Gasteiger partial charge in [-0.1, -0.05) is 18.2 Å². The molecule has 0 aliphatic heterocycles. The molecule has 4 heteroatoms. The number of hydrogen-bond donors (Lipinski definition) is 1. The van der Waals surface area contributed by atoms with Crippen LogP contribution in [0.5, 0.6) is 0 Å². The van der Waals surface area contributed by atoms with Crippen LogP contribution in [0.25, 0.3) is 10.9 Å². The molecule has 4 nitrogen and oxygen atoms in total. The number of fused-ring (bicyclic) bond motifs is 1. The van der Waals surface area contributed by atoms with E-state index in [0.717, 1.165) is 17.8 Å². The van der Waals surface area contributed by atoms with Crippen molar-refractivity contribution < 1.29 is 0 Å². The van der Waals surface area contributed by atoms with Gasteiger partial charge in [0.15, 0.2) is 0 Å². The predicted octanol–water partition coefficient (Wildman–Crippen LogP) is 2.12. The zero-order valence-corrected chi connectivity index (χ0v) is 9.67. The van der Waals surface area contributed by atoms with Crippen molar-refractivity contribution in [1.82, 2.24) is 14.5 Å². The summed E-state index contributed by atoms with van der Waals surface area (Å²) in [6, 6.07) is 12.2. The molecule has 0 aliphatic carbocycles. The predicted molar refractivity (Wildman–Crippen MR) is 68.2 cm³/mol. The van der Waals surface area contributed by atoms with Crippen molar-refractivity contribution in [1.29, 1.82) is 0 Å². The minimum atomic E-state index is 0.718. The molecule has 2 aromatic heterocycles. The Hall–Kier alpha value is -2.23. The lowest BCUT2D eigenvalue weighted by molar-refractivity contribution is 0.750. The van der Waals surface area contributed by atoms with Gasteiger partial charge >= 0.3 is 0 Å². The van der Waals surface area contributed by atoms with Crippen LogP contribution < -0.4 is 5.43 Å². The highest BCUT2D eigenvalue weighted by Gasteiger charge is 2.06. The van der Waals surface area contributed by atoms with Crippen molar-refractivity contribution in [3.63, 3.8) is 0 Å². The zero-order valence-electron chi connectivity index (χ0n) is 9.67. The Morgan fingerprint density at radius 2 is 1.88 bits per heavy atom. The molecule has 2 heterocycles. The summed E-state index contributed by atoms with van der Waals surface area (Å²) in [7, 11) is 1.97. The lowest BCUT2D eigenvalue weighted by Gasteiger charge is -2.05. The first kappa shape index (κ1) is 9.96. The van der Waals surface area contributed by atoms with Crippen LogP contribution in [0.3, 0.4) is 0 Å². The van der Waals surface area contributed by atoms with Crippen LogP contribution in [0.4, 0.5) is 0 Å². The molecule has 0 aliphatic rings. The molecule has 0 atom stereocenters. The normalized spacial score (nSPS) is 10.9. The van der Waals surface area contributed by atoms with Gasteiger partial charge in [0, 0.05) is 24.8 Å². The maximum Gasteiger partial charge on any atom is 0.0910 e. The highest BCUT2D eigenvalue weighted by atomic mass is 15.4. The highest BCUT2D eigenvalue weighted by Crippen LogP contribution is 2.17. The van der Waals surface area contributed by atoms with Gasteiger partial charge in [0.05, 0.1) is 17.8 Å². The van der Waals surface area contributed by atoms with E-state index in [9.17, 15) is 0 Å². The molecule has 3 aromatic rings. The molecule has 3 rings (SSSR count). The summed E-state index contributed by atoms with van der Waals surface area (Å²) >= 11 is 0. The average molecular weight is 226 g/mol. The largest absolute Gasteiger partial charge is 0.320 e. The summed E-state index contributed by atoms with van der Waals surface area (Å²) in [4.78, 5) is 0. The van der Waals surface area contributed by atoms with Crippen LogP contribution >= 0.6 is 0 Å². The Bertz CT molecular complexity index is 622. The Kier molecular flexibility index (Phi) is 2.33. The van der Waals surface area contributed by atoms with Gasteiger partial charge < -0.3 is 5.43 Å². The van der Waals surface area contributed by atoms with Gasteiger partial charge in [-0.15, -0.1) is 0 Å². The fourth-order valence-corrected chi connectivity index (χ4v) is 2.03. The molecule has 0 spiro atoms. The Labute approximate surface area is 99.4 Å². The van der Waals surface area contributed by atoms with E-state index in [1.54, 1.807) is 0 Å². The molecule has 0 fully saturated rings. The van der Waals surface area contributed by atoms with E-state index >= 15 is 0 Å². The van der Waals surface area contributed by atoms with Gasteiger partial charge in [-0.25, -0.2) is 0 Å². The molecule has 0 amide bonds. The number of aromatic nitrogens is 3. The molecule has 17 heavy (non-hydrogen) atoms. The lowest BCUT2D eigenvalue weighted by atomic mass is 10.2. The molecule has 0 saturated heterocycles. The third-order valence-corrected chi connectivity index (χ3v) is 2.87. The van der Waals surface area contributed by atoms with Gasteiger partial charge in [0.25, 0.3) is 0 Å². The van der Waals surface area contributed by atoms with Crippen LogP contribution in [0, 0.1) is 0 Å². The highest BCUT2D eigenvalue weighted by molar-refractivity contribution is 5.81. The number of aryl methyl sites for hydroxylation is 1. The Morgan fingerprint density at radius 1 is 1.12 bits per heavy atom. The first-order chi connectivity index (χ1) is 8.34. The van der Waals surface area contributed by atoms with Crippen molar-refractivity contribution in [3.05, 3.63) is 54.5 Å². The number of para-hydroxylation sites is 1. The van der Waals surface area contributed by atoms with Crippen LogP contribution in [0.15, 0.2) is 48.8 Å². The fourth-order valence-electron chi connectivity index (χ4n) is 2.03. The van der Waals surface area contributed by atoms with E-state index in [4.69, 9.17) is 0 Å². The van der Waals surface area contributed by atoms with Gasteiger partial charge in [-0.05, 0) is 18.2 Å². The van der Waals surface area contributed by atoms with Crippen molar-refractivity contribution in [2.24, 2.45) is 7.05 Å². The van der Waals surface area contributed by atoms with Gasteiger partial charge in [-0.3, -0.25) is 9.36 Å². The maximum atomic E-state index is 4.53. The second-order valence-corrected chi connectivity index (χ2v) is 4.01. The molecule has 0 saturated carbocycles. The average Bonchev–Trinajstić information content (AvgIpc) is 2.96. The number of nitrogens with zero attached hydrogens (tertiary/aromatic N) is 3. The molecule has 0 bridgehead atoms. The summed E-state index contributed by atoms with van der Waals surface area (Å²) in [6.07, 6.45) is 3.95. The van der Waals surface area contributed by atoms with E-state index in [1.807, 2.05) is 53.1 Å². The van der Waals surface area contributed by atoms with Gasteiger partial charge in [0.1, 0.15) is 0 Å². The Balaban J connectivity index is 1.90.